The summed E-state index contributed by atoms with van der Waals surface area (Å²) in [6.07, 6.45) is 6.70. The molecule has 1 aliphatic heterocycles. The predicted octanol–water partition coefficient (Wildman–Crippen LogP) is 4.86. The van der Waals surface area contributed by atoms with E-state index in [0.717, 1.165) is 46.4 Å². The number of anilines is 1. The molecule has 2 fully saturated rings. The van der Waals surface area contributed by atoms with E-state index in [9.17, 15) is 0 Å². The first kappa shape index (κ1) is 17.3. The minimum atomic E-state index is 0.566. The Morgan fingerprint density at radius 3 is 2.81 bits per heavy atom. The molecule has 142 valence electrons. The number of thioether (sulfide) groups is 1. The molecule has 4 heterocycles. The second-order valence-electron chi connectivity index (χ2n) is 7.46. The Kier molecular flexibility index (Phi) is 4.69. The first-order valence-electron chi connectivity index (χ1n) is 9.59. The quantitative estimate of drug-likeness (QED) is 0.550. The number of piperidine rings is 1. The highest BCUT2D eigenvalue weighted by Gasteiger charge is 2.32. The highest BCUT2D eigenvalue weighted by atomic mass is 32.2. The molecule has 1 saturated heterocycles. The van der Waals surface area contributed by atoms with Crippen LogP contribution in [0.3, 0.4) is 0 Å². The maximum Gasteiger partial charge on any atom is 0.236 e. The molecule has 8 heteroatoms. The summed E-state index contributed by atoms with van der Waals surface area (Å²) in [5, 5.41) is 12.1. The number of oxazole rings is 1. The number of nitrogens with zero attached hydrogens (tertiary/aromatic N) is 5. The predicted molar refractivity (Wildman–Crippen MR) is 108 cm³/mol. The van der Waals surface area contributed by atoms with Gasteiger partial charge in [0.2, 0.25) is 11.8 Å². The van der Waals surface area contributed by atoms with Crippen molar-refractivity contribution in [2.45, 2.75) is 49.6 Å². The Hall–Kier alpha value is -1.80. The maximum atomic E-state index is 5.63. The molecule has 0 atom stereocenters. The van der Waals surface area contributed by atoms with Crippen LogP contribution in [0.25, 0.3) is 10.8 Å². The standard InChI is InChI=1S/C19H23N5OS2/c1-13-6-8-23(9-7-13)18-21-22-19(24(18)15-4-5-15)27-12-14-11-25-17(20-14)16-3-2-10-26-16/h2-3,10-11,13,15H,4-9,12H2,1H3. The van der Waals surface area contributed by atoms with Gasteiger partial charge in [0.05, 0.1) is 10.6 Å². The lowest BCUT2D eigenvalue weighted by Crippen LogP contribution is -2.34. The van der Waals surface area contributed by atoms with Gasteiger partial charge in [0.1, 0.15) is 6.26 Å². The Bertz CT molecular complexity index is 891. The van der Waals surface area contributed by atoms with Gasteiger partial charge in [-0.25, -0.2) is 4.98 Å². The van der Waals surface area contributed by atoms with E-state index in [4.69, 9.17) is 4.42 Å². The van der Waals surface area contributed by atoms with Crippen molar-refractivity contribution >= 4 is 29.0 Å². The molecule has 3 aromatic rings. The first-order valence-corrected chi connectivity index (χ1v) is 11.5. The van der Waals surface area contributed by atoms with Crippen LogP contribution in [0.2, 0.25) is 0 Å². The summed E-state index contributed by atoms with van der Waals surface area (Å²) in [4.78, 5) is 8.10. The molecule has 2 aliphatic rings. The van der Waals surface area contributed by atoms with Crippen LogP contribution in [0.4, 0.5) is 5.95 Å². The van der Waals surface area contributed by atoms with Crippen LogP contribution >= 0.6 is 23.1 Å². The molecular formula is C19H23N5OS2. The number of hydrogen-bond acceptors (Lipinski definition) is 7. The summed E-state index contributed by atoms with van der Waals surface area (Å²) in [6, 6.07) is 4.61. The van der Waals surface area contributed by atoms with E-state index in [2.05, 4.69) is 31.6 Å². The lowest BCUT2D eigenvalue weighted by atomic mass is 10.00. The molecular weight excluding hydrogens is 378 g/mol. The van der Waals surface area contributed by atoms with Crippen molar-refractivity contribution in [1.29, 1.82) is 0 Å². The van der Waals surface area contributed by atoms with Crippen LogP contribution in [0.1, 0.15) is 44.3 Å². The number of rotatable bonds is 6. The van der Waals surface area contributed by atoms with Gasteiger partial charge in [0.25, 0.3) is 0 Å². The van der Waals surface area contributed by atoms with Gasteiger partial charge in [-0.05, 0) is 43.0 Å². The molecule has 6 nitrogen and oxygen atoms in total. The van der Waals surface area contributed by atoms with Crippen LogP contribution < -0.4 is 4.90 Å². The van der Waals surface area contributed by atoms with Crippen LogP contribution in [-0.2, 0) is 5.75 Å². The van der Waals surface area contributed by atoms with E-state index in [-0.39, 0.29) is 0 Å². The van der Waals surface area contributed by atoms with Gasteiger partial charge in [-0.15, -0.1) is 21.5 Å². The number of aromatic nitrogens is 4. The smallest absolute Gasteiger partial charge is 0.236 e. The fraction of sp³-hybridized carbons (Fsp3) is 0.526. The van der Waals surface area contributed by atoms with Gasteiger partial charge < -0.3 is 9.32 Å². The third-order valence-corrected chi connectivity index (χ3v) is 7.09. The van der Waals surface area contributed by atoms with Crippen molar-refractivity contribution in [1.82, 2.24) is 19.7 Å². The summed E-state index contributed by atoms with van der Waals surface area (Å²) in [7, 11) is 0. The molecule has 0 bridgehead atoms. The molecule has 0 spiro atoms. The molecule has 0 aromatic carbocycles. The first-order chi connectivity index (χ1) is 13.3. The normalized spacial score (nSPS) is 18.3. The SMILES string of the molecule is CC1CCN(c2nnc(SCc3coc(-c4cccs4)n3)n2C2CC2)CC1. The van der Waals surface area contributed by atoms with E-state index in [1.165, 1.54) is 25.7 Å². The molecule has 0 unspecified atom stereocenters. The summed E-state index contributed by atoms with van der Waals surface area (Å²) >= 11 is 3.35. The zero-order valence-electron chi connectivity index (χ0n) is 15.4. The van der Waals surface area contributed by atoms with Gasteiger partial charge >= 0.3 is 0 Å². The van der Waals surface area contributed by atoms with Gasteiger partial charge in [-0.1, -0.05) is 24.8 Å². The Morgan fingerprint density at radius 1 is 1.22 bits per heavy atom. The lowest BCUT2D eigenvalue weighted by molar-refractivity contribution is 0.429. The van der Waals surface area contributed by atoms with Crippen molar-refractivity contribution in [2.75, 3.05) is 18.0 Å². The highest BCUT2D eigenvalue weighted by Crippen LogP contribution is 2.42. The van der Waals surface area contributed by atoms with Gasteiger partial charge in [-0.3, -0.25) is 4.57 Å². The summed E-state index contributed by atoms with van der Waals surface area (Å²) in [5.74, 6) is 3.33. The maximum absolute atomic E-state index is 5.63. The summed E-state index contributed by atoms with van der Waals surface area (Å²) in [6.45, 7) is 4.51. The van der Waals surface area contributed by atoms with Gasteiger partial charge in [-0.2, -0.15) is 0 Å². The Labute approximate surface area is 167 Å². The Balaban J connectivity index is 1.31. The van der Waals surface area contributed by atoms with Crippen LogP contribution in [-0.4, -0.2) is 32.8 Å². The van der Waals surface area contributed by atoms with Crippen molar-refractivity contribution in [2.24, 2.45) is 5.92 Å². The second-order valence-corrected chi connectivity index (χ2v) is 9.35. The number of thiophene rings is 1. The summed E-state index contributed by atoms with van der Waals surface area (Å²) < 4.78 is 7.99. The molecule has 0 N–H and O–H groups in total. The fourth-order valence-electron chi connectivity index (χ4n) is 3.47. The topological polar surface area (TPSA) is 60.0 Å². The molecule has 0 amide bonds. The van der Waals surface area contributed by atoms with Gasteiger partial charge in [0, 0.05) is 24.9 Å². The lowest BCUT2D eigenvalue weighted by Gasteiger charge is -2.31. The van der Waals surface area contributed by atoms with Crippen molar-refractivity contribution in [3.05, 3.63) is 29.5 Å². The molecule has 3 aromatic heterocycles. The zero-order valence-corrected chi connectivity index (χ0v) is 17.0. The van der Waals surface area contributed by atoms with Crippen LogP contribution in [0.5, 0.6) is 0 Å². The van der Waals surface area contributed by atoms with E-state index in [0.29, 0.717) is 11.9 Å². The fourth-order valence-corrected chi connectivity index (χ4v) is 5.00. The Morgan fingerprint density at radius 2 is 2.07 bits per heavy atom. The second kappa shape index (κ2) is 7.31. The summed E-state index contributed by atoms with van der Waals surface area (Å²) in [5.41, 5.74) is 0.946. The van der Waals surface area contributed by atoms with Crippen molar-refractivity contribution in [3.63, 3.8) is 0 Å². The average molecular weight is 402 g/mol. The molecule has 27 heavy (non-hydrogen) atoms. The number of hydrogen-bond donors (Lipinski definition) is 0. The minimum Gasteiger partial charge on any atom is -0.444 e. The molecule has 0 radical (unpaired) electrons. The van der Waals surface area contributed by atoms with E-state index < -0.39 is 0 Å². The monoisotopic (exact) mass is 401 g/mol. The van der Waals surface area contributed by atoms with Crippen molar-refractivity contribution < 1.29 is 4.42 Å². The third-order valence-electron chi connectivity index (χ3n) is 5.26. The molecule has 1 aliphatic carbocycles. The van der Waals surface area contributed by atoms with Crippen molar-refractivity contribution in [3.8, 4) is 10.8 Å². The largest absolute Gasteiger partial charge is 0.444 e. The van der Waals surface area contributed by atoms with Crippen LogP contribution in [0.15, 0.2) is 33.3 Å². The average Bonchev–Trinajstić information content (AvgIpc) is 3.09. The molecule has 5 rings (SSSR count). The van der Waals surface area contributed by atoms with E-state index in [1.54, 1.807) is 29.4 Å². The van der Waals surface area contributed by atoms with E-state index >= 15 is 0 Å². The van der Waals surface area contributed by atoms with E-state index in [1.807, 2.05) is 17.5 Å². The minimum absolute atomic E-state index is 0.566. The van der Waals surface area contributed by atoms with Crippen LogP contribution in [0, 0.1) is 5.92 Å². The zero-order chi connectivity index (χ0) is 18.2. The highest BCUT2D eigenvalue weighted by molar-refractivity contribution is 7.98. The molecule has 1 saturated carbocycles. The van der Waals surface area contributed by atoms with Gasteiger partial charge in [0.15, 0.2) is 5.16 Å². The third kappa shape index (κ3) is 3.65.